The van der Waals surface area contributed by atoms with Crippen LogP contribution in [0.1, 0.15) is 102 Å². The molecular weight excluding hydrogens is 464 g/mol. The van der Waals surface area contributed by atoms with Crippen LogP contribution in [0.2, 0.25) is 0 Å². The standard InChI is InChI=1S/C28H26O8/c1-3-15(19-11-7-13-21(25(29)30)23(19)27(33)34)17-9-5-6-10-18(17)16(4-2)20-12-8-14-22(26(31)32)24(20)28(35)36/h5-16H,3-4H2,1-2H3,(H,29,30)(H,31,32)(H,33,34)(H,35,36). The molecule has 0 aliphatic heterocycles. The van der Waals surface area contributed by atoms with Crippen LogP contribution in [0.4, 0.5) is 0 Å². The zero-order valence-corrected chi connectivity index (χ0v) is 19.8. The van der Waals surface area contributed by atoms with E-state index in [0.29, 0.717) is 35.1 Å². The molecule has 186 valence electrons. The van der Waals surface area contributed by atoms with Gasteiger partial charge in [0.15, 0.2) is 0 Å². The van der Waals surface area contributed by atoms with Crippen LogP contribution in [-0.4, -0.2) is 44.3 Å². The average molecular weight is 491 g/mol. The fourth-order valence-corrected chi connectivity index (χ4v) is 4.92. The van der Waals surface area contributed by atoms with E-state index in [4.69, 9.17) is 0 Å². The fraction of sp³-hybridized carbons (Fsp3) is 0.214. The van der Waals surface area contributed by atoms with Crippen LogP contribution in [0.15, 0.2) is 60.7 Å². The summed E-state index contributed by atoms with van der Waals surface area (Å²) in [5.74, 6) is -6.41. The molecule has 0 aliphatic carbocycles. The van der Waals surface area contributed by atoms with Gasteiger partial charge in [0.05, 0.1) is 22.3 Å². The highest BCUT2D eigenvalue weighted by molar-refractivity contribution is 6.04. The van der Waals surface area contributed by atoms with Crippen molar-refractivity contribution in [1.82, 2.24) is 0 Å². The second kappa shape index (κ2) is 10.9. The predicted molar refractivity (Wildman–Crippen MR) is 131 cm³/mol. The van der Waals surface area contributed by atoms with Gasteiger partial charge in [-0.1, -0.05) is 62.4 Å². The Morgan fingerprint density at radius 2 is 0.861 bits per heavy atom. The first kappa shape index (κ1) is 26.2. The number of hydrogen-bond donors (Lipinski definition) is 4. The van der Waals surface area contributed by atoms with E-state index in [1.165, 1.54) is 24.3 Å². The van der Waals surface area contributed by atoms with Gasteiger partial charge >= 0.3 is 23.9 Å². The predicted octanol–water partition coefficient (Wildman–Crippen LogP) is 5.56. The van der Waals surface area contributed by atoms with E-state index < -0.39 is 35.7 Å². The van der Waals surface area contributed by atoms with Crippen molar-refractivity contribution in [2.75, 3.05) is 0 Å². The number of carbonyl (C=O) groups is 4. The normalized spacial score (nSPS) is 12.5. The number of carboxylic acid groups (broad SMARTS) is 4. The Morgan fingerprint density at radius 3 is 1.14 bits per heavy atom. The first-order chi connectivity index (χ1) is 17.1. The number of benzene rings is 3. The highest BCUT2D eigenvalue weighted by atomic mass is 16.4. The van der Waals surface area contributed by atoms with Gasteiger partial charge < -0.3 is 20.4 Å². The SMILES string of the molecule is CCC(c1ccccc1C(CC)c1cccc(C(=O)O)c1C(=O)O)c1cccc(C(=O)O)c1C(=O)O. The second-order valence-electron chi connectivity index (χ2n) is 8.31. The van der Waals surface area contributed by atoms with Crippen LogP contribution >= 0.6 is 0 Å². The second-order valence-corrected chi connectivity index (χ2v) is 8.31. The molecule has 3 rings (SSSR count). The van der Waals surface area contributed by atoms with Crippen LogP contribution in [0.25, 0.3) is 0 Å². The Morgan fingerprint density at radius 1 is 0.528 bits per heavy atom. The molecule has 0 aromatic heterocycles. The summed E-state index contributed by atoms with van der Waals surface area (Å²) in [5.41, 5.74) is 0.894. The van der Waals surface area contributed by atoms with Gasteiger partial charge in [-0.3, -0.25) is 0 Å². The van der Waals surface area contributed by atoms with E-state index in [1.807, 2.05) is 26.0 Å². The van der Waals surface area contributed by atoms with Crippen molar-refractivity contribution in [3.63, 3.8) is 0 Å². The Bertz CT molecular complexity index is 1240. The maximum absolute atomic E-state index is 12.1. The monoisotopic (exact) mass is 490 g/mol. The molecule has 0 radical (unpaired) electrons. The zero-order chi connectivity index (χ0) is 26.6. The number of rotatable bonds is 10. The lowest BCUT2D eigenvalue weighted by molar-refractivity contribution is 0.0650. The Kier molecular flexibility index (Phi) is 7.89. The summed E-state index contributed by atoms with van der Waals surface area (Å²) in [6.45, 7) is 3.71. The number of hydrogen-bond acceptors (Lipinski definition) is 4. The van der Waals surface area contributed by atoms with Gasteiger partial charge in [0.2, 0.25) is 0 Å². The minimum atomic E-state index is -1.35. The van der Waals surface area contributed by atoms with Gasteiger partial charge in [0, 0.05) is 11.8 Å². The lowest BCUT2D eigenvalue weighted by Gasteiger charge is -2.27. The smallest absolute Gasteiger partial charge is 0.336 e. The molecule has 3 aromatic carbocycles. The topological polar surface area (TPSA) is 149 Å². The van der Waals surface area contributed by atoms with Gasteiger partial charge in [-0.25, -0.2) is 19.2 Å². The average Bonchev–Trinajstić information content (AvgIpc) is 2.85. The van der Waals surface area contributed by atoms with Crippen molar-refractivity contribution < 1.29 is 39.6 Å². The molecule has 0 fully saturated rings. The van der Waals surface area contributed by atoms with Crippen molar-refractivity contribution in [3.05, 3.63) is 105 Å². The first-order valence-corrected chi connectivity index (χ1v) is 11.4. The Hall–Kier alpha value is -4.46. The third-order valence-electron chi connectivity index (χ3n) is 6.40. The highest BCUT2D eigenvalue weighted by Gasteiger charge is 2.30. The summed E-state index contributed by atoms with van der Waals surface area (Å²) in [6, 6.07) is 15.9. The molecule has 0 saturated heterocycles. The maximum Gasteiger partial charge on any atom is 0.336 e. The van der Waals surface area contributed by atoms with Crippen molar-refractivity contribution in [2.45, 2.75) is 38.5 Å². The quantitative estimate of drug-likeness (QED) is 0.288. The largest absolute Gasteiger partial charge is 0.478 e. The molecule has 0 bridgehead atoms. The molecule has 0 aliphatic rings. The van der Waals surface area contributed by atoms with E-state index in [0.717, 1.165) is 0 Å². The minimum Gasteiger partial charge on any atom is -0.478 e. The summed E-state index contributed by atoms with van der Waals surface area (Å²) >= 11 is 0. The van der Waals surface area contributed by atoms with Crippen LogP contribution in [0.3, 0.4) is 0 Å². The summed E-state index contributed by atoms with van der Waals surface area (Å²) in [7, 11) is 0. The lowest BCUT2D eigenvalue weighted by Crippen LogP contribution is -2.18. The molecule has 2 atom stereocenters. The molecule has 8 nitrogen and oxygen atoms in total. The van der Waals surface area contributed by atoms with E-state index in [-0.39, 0.29) is 22.3 Å². The molecule has 3 aromatic rings. The maximum atomic E-state index is 12.1. The van der Waals surface area contributed by atoms with Gasteiger partial charge in [0.1, 0.15) is 0 Å². The Balaban J connectivity index is 2.29. The van der Waals surface area contributed by atoms with E-state index in [9.17, 15) is 39.6 Å². The van der Waals surface area contributed by atoms with Crippen LogP contribution in [-0.2, 0) is 0 Å². The highest BCUT2D eigenvalue weighted by Crippen LogP contribution is 2.40. The van der Waals surface area contributed by atoms with Crippen molar-refractivity contribution in [2.24, 2.45) is 0 Å². The number of carboxylic acids is 4. The van der Waals surface area contributed by atoms with E-state index in [2.05, 4.69) is 0 Å². The van der Waals surface area contributed by atoms with Crippen LogP contribution in [0.5, 0.6) is 0 Å². The first-order valence-electron chi connectivity index (χ1n) is 11.4. The summed E-state index contributed by atoms with van der Waals surface area (Å²) in [4.78, 5) is 47.8. The molecule has 0 spiro atoms. The van der Waals surface area contributed by atoms with Crippen LogP contribution in [0, 0.1) is 0 Å². The van der Waals surface area contributed by atoms with Gasteiger partial charge in [-0.2, -0.15) is 0 Å². The third-order valence-corrected chi connectivity index (χ3v) is 6.40. The Labute approximate surface area is 207 Å². The molecule has 36 heavy (non-hydrogen) atoms. The summed E-state index contributed by atoms with van der Waals surface area (Å²) in [5, 5.41) is 38.9. The van der Waals surface area contributed by atoms with Gasteiger partial charge in [-0.05, 0) is 47.2 Å². The number of aromatic carboxylic acids is 4. The molecule has 0 amide bonds. The van der Waals surface area contributed by atoms with Crippen molar-refractivity contribution >= 4 is 23.9 Å². The van der Waals surface area contributed by atoms with Crippen LogP contribution < -0.4 is 0 Å². The summed E-state index contributed by atoms with van der Waals surface area (Å²) < 4.78 is 0. The van der Waals surface area contributed by atoms with Crippen molar-refractivity contribution in [3.8, 4) is 0 Å². The molecule has 0 saturated carbocycles. The van der Waals surface area contributed by atoms with E-state index in [1.54, 1.807) is 24.3 Å². The third kappa shape index (κ3) is 4.84. The minimum absolute atomic E-state index is 0.293. The van der Waals surface area contributed by atoms with Crippen molar-refractivity contribution in [1.29, 1.82) is 0 Å². The lowest BCUT2D eigenvalue weighted by atomic mass is 9.76. The zero-order valence-electron chi connectivity index (χ0n) is 19.8. The van der Waals surface area contributed by atoms with E-state index >= 15 is 0 Å². The van der Waals surface area contributed by atoms with Gasteiger partial charge in [-0.15, -0.1) is 0 Å². The van der Waals surface area contributed by atoms with Gasteiger partial charge in [0.25, 0.3) is 0 Å². The summed E-state index contributed by atoms with van der Waals surface area (Å²) in [6.07, 6.45) is 0.884. The fourth-order valence-electron chi connectivity index (χ4n) is 4.92. The molecule has 0 heterocycles. The molecule has 4 N–H and O–H groups in total. The molecule has 2 unspecified atom stereocenters. The molecule has 8 heteroatoms. The molecular formula is C28H26O8.